The van der Waals surface area contributed by atoms with E-state index in [0.717, 1.165) is 76.0 Å². The maximum Gasteiger partial charge on any atom is 0.256 e. The second-order valence-corrected chi connectivity index (χ2v) is 8.70. The lowest BCUT2D eigenvalue weighted by Crippen LogP contribution is -2.32. The number of amides is 2. The van der Waals surface area contributed by atoms with Gasteiger partial charge in [-0.1, -0.05) is 19.8 Å². The van der Waals surface area contributed by atoms with Crippen LogP contribution in [0.3, 0.4) is 0 Å². The Morgan fingerprint density at radius 2 is 1.97 bits per heavy atom. The molecule has 2 heterocycles. The van der Waals surface area contributed by atoms with E-state index in [2.05, 4.69) is 17.1 Å². The second-order valence-electron chi connectivity index (χ2n) is 8.70. The Labute approximate surface area is 184 Å². The standard InChI is InChI=1S/C25H33N3O3/c1-2-3-13-28(18-21-10-7-16-31-21)23-12-11-20(26-24(29)19-8-6-9-19)17-22(23)25(30)27-14-4-5-15-27/h7,10-12,16-17,19H,2-6,8-9,13-15,18H2,1H3,(H,26,29). The molecule has 2 aliphatic rings. The lowest BCUT2D eigenvalue weighted by atomic mass is 9.85. The Morgan fingerprint density at radius 3 is 2.61 bits per heavy atom. The summed E-state index contributed by atoms with van der Waals surface area (Å²) in [6.45, 7) is 5.21. The van der Waals surface area contributed by atoms with Gasteiger partial charge in [-0.2, -0.15) is 0 Å². The molecule has 0 radical (unpaired) electrons. The summed E-state index contributed by atoms with van der Waals surface area (Å²) in [6.07, 6.45) is 8.90. The first kappa shape index (κ1) is 21.5. The number of rotatable bonds is 9. The number of carbonyl (C=O) groups is 2. The van der Waals surface area contributed by atoms with E-state index < -0.39 is 0 Å². The van der Waals surface area contributed by atoms with Crippen molar-refractivity contribution in [1.82, 2.24) is 4.90 Å². The molecular formula is C25H33N3O3. The van der Waals surface area contributed by atoms with Crippen molar-refractivity contribution in [3.63, 3.8) is 0 Å². The molecule has 4 rings (SSSR count). The van der Waals surface area contributed by atoms with Crippen LogP contribution in [0.25, 0.3) is 0 Å². The summed E-state index contributed by atoms with van der Waals surface area (Å²) in [6, 6.07) is 9.64. The van der Waals surface area contributed by atoms with Gasteiger partial charge in [0.2, 0.25) is 5.91 Å². The van der Waals surface area contributed by atoms with Crippen molar-refractivity contribution in [2.45, 2.75) is 58.4 Å². The van der Waals surface area contributed by atoms with E-state index in [1.165, 1.54) is 0 Å². The number of nitrogens with one attached hydrogen (secondary N) is 1. The summed E-state index contributed by atoms with van der Waals surface area (Å²) < 4.78 is 5.59. The summed E-state index contributed by atoms with van der Waals surface area (Å²) in [5, 5.41) is 3.04. The van der Waals surface area contributed by atoms with Crippen molar-refractivity contribution < 1.29 is 14.0 Å². The lowest BCUT2D eigenvalue weighted by Gasteiger charge is -2.28. The highest BCUT2D eigenvalue weighted by Crippen LogP contribution is 2.31. The molecule has 166 valence electrons. The van der Waals surface area contributed by atoms with Crippen LogP contribution in [-0.2, 0) is 11.3 Å². The van der Waals surface area contributed by atoms with Gasteiger partial charge < -0.3 is 19.5 Å². The smallest absolute Gasteiger partial charge is 0.256 e. The van der Waals surface area contributed by atoms with Crippen LogP contribution in [0.1, 0.15) is 68.0 Å². The zero-order chi connectivity index (χ0) is 21.6. The molecule has 1 N–H and O–H groups in total. The second kappa shape index (κ2) is 10.0. The number of carbonyl (C=O) groups excluding carboxylic acids is 2. The monoisotopic (exact) mass is 423 g/mol. The zero-order valence-corrected chi connectivity index (χ0v) is 18.4. The van der Waals surface area contributed by atoms with Gasteiger partial charge in [0.1, 0.15) is 5.76 Å². The maximum absolute atomic E-state index is 13.5. The molecule has 1 aromatic heterocycles. The van der Waals surface area contributed by atoms with Crippen LogP contribution in [0.2, 0.25) is 0 Å². The fourth-order valence-corrected chi connectivity index (χ4v) is 4.29. The Kier molecular flexibility index (Phi) is 6.95. The third-order valence-corrected chi connectivity index (χ3v) is 6.41. The molecule has 2 amide bonds. The molecule has 1 aliphatic heterocycles. The van der Waals surface area contributed by atoms with Gasteiger partial charge in [0.05, 0.1) is 24.1 Å². The number of furan rings is 1. The predicted octanol–water partition coefficient (Wildman–Crippen LogP) is 5.06. The van der Waals surface area contributed by atoms with Crippen LogP contribution in [0.15, 0.2) is 41.0 Å². The van der Waals surface area contributed by atoms with E-state index in [1.807, 2.05) is 35.2 Å². The molecule has 0 bridgehead atoms. The fraction of sp³-hybridized carbons (Fsp3) is 0.520. The largest absolute Gasteiger partial charge is 0.467 e. The van der Waals surface area contributed by atoms with Gasteiger partial charge in [-0.15, -0.1) is 0 Å². The Morgan fingerprint density at radius 1 is 1.16 bits per heavy atom. The molecular weight excluding hydrogens is 390 g/mol. The summed E-state index contributed by atoms with van der Waals surface area (Å²) in [5.41, 5.74) is 2.27. The van der Waals surface area contributed by atoms with Crippen molar-refractivity contribution in [2.75, 3.05) is 29.9 Å². The minimum absolute atomic E-state index is 0.0492. The highest BCUT2D eigenvalue weighted by atomic mass is 16.3. The highest BCUT2D eigenvalue weighted by molar-refractivity contribution is 6.02. The number of likely N-dealkylation sites (tertiary alicyclic amines) is 1. The maximum atomic E-state index is 13.5. The van der Waals surface area contributed by atoms with E-state index >= 15 is 0 Å². The molecule has 6 heteroatoms. The first-order valence-corrected chi connectivity index (χ1v) is 11.7. The molecule has 1 saturated carbocycles. The minimum atomic E-state index is 0.0492. The molecule has 0 atom stereocenters. The quantitative estimate of drug-likeness (QED) is 0.612. The van der Waals surface area contributed by atoms with Gasteiger partial charge in [0.15, 0.2) is 0 Å². The Bertz CT molecular complexity index is 883. The number of nitrogens with zero attached hydrogens (tertiary/aromatic N) is 2. The van der Waals surface area contributed by atoms with Crippen molar-refractivity contribution in [1.29, 1.82) is 0 Å². The number of unbranched alkanes of at least 4 members (excludes halogenated alkanes) is 1. The third kappa shape index (κ3) is 5.12. The van der Waals surface area contributed by atoms with Crippen LogP contribution in [0.4, 0.5) is 11.4 Å². The van der Waals surface area contributed by atoms with Gasteiger partial charge in [-0.05, 0) is 62.4 Å². The van der Waals surface area contributed by atoms with E-state index in [1.54, 1.807) is 6.26 Å². The number of hydrogen-bond donors (Lipinski definition) is 1. The highest BCUT2D eigenvalue weighted by Gasteiger charge is 2.27. The first-order chi connectivity index (χ1) is 15.2. The predicted molar refractivity (Wildman–Crippen MR) is 122 cm³/mol. The van der Waals surface area contributed by atoms with Gasteiger partial charge in [0, 0.05) is 31.2 Å². The van der Waals surface area contributed by atoms with Crippen LogP contribution in [-0.4, -0.2) is 36.3 Å². The van der Waals surface area contributed by atoms with Crippen molar-refractivity contribution in [2.24, 2.45) is 5.92 Å². The molecule has 2 aromatic rings. The third-order valence-electron chi connectivity index (χ3n) is 6.41. The van der Waals surface area contributed by atoms with Crippen molar-refractivity contribution in [3.8, 4) is 0 Å². The zero-order valence-electron chi connectivity index (χ0n) is 18.4. The summed E-state index contributed by atoms with van der Waals surface area (Å²) >= 11 is 0. The SMILES string of the molecule is CCCCN(Cc1ccco1)c1ccc(NC(=O)C2CCC2)cc1C(=O)N1CCCC1. The summed E-state index contributed by atoms with van der Waals surface area (Å²) in [7, 11) is 0. The lowest BCUT2D eigenvalue weighted by molar-refractivity contribution is -0.122. The molecule has 0 unspecified atom stereocenters. The van der Waals surface area contributed by atoms with Crippen LogP contribution < -0.4 is 10.2 Å². The molecule has 1 aliphatic carbocycles. The van der Waals surface area contributed by atoms with Crippen LogP contribution >= 0.6 is 0 Å². The average Bonchev–Trinajstić information content (AvgIpc) is 3.43. The first-order valence-electron chi connectivity index (χ1n) is 11.7. The van der Waals surface area contributed by atoms with E-state index in [-0.39, 0.29) is 17.7 Å². The van der Waals surface area contributed by atoms with Crippen LogP contribution in [0, 0.1) is 5.92 Å². The number of hydrogen-bond acceptors (Lipinski definition) is 4. The normalized spacial score (nSPS) is 16.2. The summed E-state index contributed by atoms with van der Waals surface area (Å²) in [5.74, 6) is 1.10. The van der Waals surface area contributed by atoms with Gasteiger partial charge in [-0.3, -0.25) is 9.59 Å². The van der Waals surface area contributed by atoms with E-state index in [0.29, 0.717) is 17.8 Å². The molecule has 6 nitrogen and oxygen atoms in total. The van der Waals surface area contributed by atoms with Crippen LogP contribution in [0.5, 0.6) is 0 Å². The number of anilines is 2. The molecule has 31 heavy (non-hydrogen) atoms. The fourth-order valence-electron chi connectivity index (χ4n) is 4.29. The Balaban J connectivity index is 1.64. The number of benzene rings is 1. The van der Waals surface area contributed by atoms with Gasteiger partial charge in [0.25, 0.3) is 5.91 Å². The summed E-state index contributed by atoms with van der Waals surface area (Å²) in [4.78, 5) is 30.1. The van der Waals surface area contributed by atoms with E-state index in [9.17, 15) is 9.59 Å². The van der Waals surface area contributed by atoms with Crippen molar-refractivity contribution in [3.05, 3.63) is 47.9 Å². The Hall–Kier alpha value is -2.76. The average molecular weight is 424 g/mol. The minimum Gasteiger partial charge on any atom is -0.467 e. The molecule has 1 aromatic carbocycles. The van der Waals surface area contributed by atoms with E-state index in [4.69, 9.17) is 4.42 Å². The topological polar surface area (TPSA) is 65.8 Å². The molecule has 2 fully saturated rings. The molecule has 1 saturated heterocycles. The van der Waals surface area contributed by atoms with Gasteiger partial charge in [-0.25, -0.2) is 0 Å². The van der Waals surface area contributed by atoms with Crippen molar-refractivity contribution >= 4 is 23.2 Å². The molecule has 0 spiro atoms. The van der Waals surface area contributed by atoms with Gasteiger partial charge >= 0.3 is 0 Å².